The van der Waals surface area contributed by atoms with Crippen LogP contribution in [-0.4, -0.2) is 321 Å². The van der Waals surface area contributed by atoms with Crippen molar-refractivity contribution in [3.63, 3.8) is 0 Å². The summed E-state index contributed by atoms with van der Waals surface area (Å²) < 4.78 is 60.1. The molecule has 5 fully saturated rings. The summed E-state index contributed by atoms with van der Waals surface area (Å²) in [5.41, 5.74) is 0. The minimum absolute atomic E-state index is 0.135. The Bertz CT molecular complexity index is 2500. The zero-order valence-corrected chi connectivity index (χ0v) is 62.8. The summed E-state index contributed by atoms with van der Waals surface area (Å²) in [6, 6.07) is -4.81. The number of hydrogen-bond donors (Lipinski definition) is 20. The molecule has 0 aromatic heterocycles. The third-order valence-corrected chi connectivity index (χ3v) is 20.6. The third-order valence-electron chi connectivity index (χ3n) is 20.6. The lowest BCUT2D eigenvalue weighted by molar-refractivity contribution is -0.403. The number of allylic oxidation sites excluding steroid dienone is 1. The lowest BCUT2D eigenvalue weighted by Gasteiger charge is -2.52. The number of amides is 3. The van der Waals surface area contributed by atoms with E-state index in [1.165, 1.54) is 103 Å². The number of carboxylic acids is 1. The summed E-state index contributed by atoms with van der Waals surface area (Å²) >= 11 is 0. The molecule has 34 nitrogen and oxygen atoms in total. The number of rotatable bonds is 52. The average Bonchev–Trinajstić information content (AvgIpc) is 0.750. The van der Waals surface area contributed by atoms with E-state index < -0.39 is 235 Å². The zero-order valence-electron chi connectivity index (χ0n) is 62.8. The first-order valence-corrected chi connectivity index (χ1v) is 39.1. The van der Waals surface area contributed by atoms with Crippen molar-refractivity contribution in [3.05, 3.63) is 12.2 Å². The minimum atomic E-state index is -3.38. The lowest BCUT2D eigenvalue weighted by atomic mass is 9.88. The van der Waals surface area contributed by atoms with Crippen LogP contribution in [-0.2, 0) is 66.5 Å². The minimum Gasteiger partial charge on any atom is -0.477 e. The number of carbonyl (C=O) groups is 4. The highest BCUT2D eigenvalue weighted by Crippen LogP contribution is 2.41. The monoisotopic (exact) mass is 1550 g/mol. The van der Waals surface area contributed by atoms with E-state index in [0.717, 1.165) is 71.6 Å². The molecule has 5 aliphatic rings. The molecule has 28 atom stereocenters. The molecule has 24 unspecified atom stereocenters. The maximum atomic E-state index is 13.8. The van der Waals surface area contributed by atoms with E-state index in [9.17, 15) is 106 Å². The topological polar surface area (TPSA) is 541 Å². The van der Waals surface area contributed by atoms with Crippen LogP contribution >= 0.6 is 0 Å². The van der Waals surface area contributed by atoms with Crippen molar-refractivity contribution in [3.8, 4) is 0 Å². The Morgan fingerprint density at radius 2 is 0.925 bits per heavy atom. The van der Waals surface area contributed by atoms with Crippen LogP contribution in [0.1, 0.15) is 214 Å². The number of aliphatic carboxylic acids is 1. The quantitative estimate of drug-likeness (QED) is 0.0255. The van der Waals surface area contributed by atoms with E-state index in [1.54, 1.807) is 6.08 Å². The first-order valence-electron chi connectivity index (χ1n) is 39.1. The van der Waals surface area contributed by atoms with Crippen LogP contribution in [0.4, 0.5) is 0 Å². The van der Waals surface area contributed by atoms with E-state index in [1.807, 2.05) is 6.08 Å². The smallest absolute Gasteiger partial charge is 0.364 e. The van der Waals surface area contributed by atoms with Gasteiger partial charge < -0.3 is 150 Å². The Balaban J connectivity index is 1.40. The van der Waals surface area contributed by atoms with Crippen LogP contribution in [0.15, 0.2) is 12.2 Å². The number of aliphatic hydroxyl groups is 16. The molecule has 5 rings (SSSR count). The van der Waals surface area contributed by atoms with Crippen LogP contribution in [0.25, 0.3) is 0 Å². The zero-order chi connectivity index (χ0) is 78.8. The van der Waals surface area contributed by atoms with E-state index in [0.29, 0.717) is 12.8 Å². The fourth-order valence-corrected chi connectivity index (χ4v) is 14.3. The Morgan fingerprint density at radius 1 is 0.486 bits per heavy atom. The van der Waals surface area contributed by atoms with Gasteiger partial charge in [-0.15, -0.1) is 0 Å². The van der Waals surface area contributed by atoms with E-state index in [4.69, 9.17) is 47.4 Å². The van der Waals surface area contributed by atoms with Gasteiger partial charge in [0.2, 0.25) is 17.7 Å². The molecule has 0 radical (unpaired) electrons. The highest BCUT2D eigenvalue weighted by atomic mass is 16.8. The largest absolute Gasteiger partial charge is 0.477 e. The Labute approximate surface area is 627 Å². The maximum absolute atomic E-state index is 13.8. The summed E-state index contributed by atoms with van der Waals surface area (Å²) in [4.78, 5) is 53.0. The van der Waals surface area contributed by atoms with Gasteiger partial charge in [-0.3, -0.25) is 14.4 Å². The van der Waals surface area contributed by atoms with Crippen LogP contribution < -0.4 is 16.0 Å². The molecule has 3 amide bonds. The molecule has 20 N–H and O–H groups in total. The molecule has 34 heteroatoms. The predicted molar refractivity (Wildman–Crippen MR) is 378 cm³/mol. The van der Waals surface area contributed by atoms with Gasteiger partial charge in [0.1, 0.15) is 116 Å². The average molecular weight is 1550 g/mol. The number of carboxylic acid groups (broad SMARTS) is 1. The van der Waals surface area contributed by atoms with Gasteiger partial charge in [-0.25, -0.2) is 4.79 Å². The van der Waals surface area contributed by atoms with Crippen molar-refractivity contribution in [2.75, 3.05) is 39.6 Å². The Hall–Kier alpha value is -3.42. The lowest BCUT2D eigenvalue weighted by Crippen LogP contribution is -2.72. The number of nitrogens with one attached hydrogen (secondary N) is 3. The summed E-state index contributed by atoms with van der Waals surface area (Å²) in [5, 5.41) is 197. The van der Waals surface area contributed by atoms with E-state index >= 15 is 0 Å². The van der Waals surface area contributed by atoms with Crippen LogP contribution in [0, 0.1) is 0 Å². The molecule has 0 aromatic carbocycles. The predicted octanol–water partition coefficient (Wildman–Crippen LogP) is -1.04. The molecule has 0 bridgehead atoms. The second kappa shape index (κ2) is 49.9. The van der Waals surface area contributed by atoms with Crippen molar-refractivity contribution in [2.24, 2.45) is 0 Å². The molecule has 0 spiro atoms. The summed E-state index contributed by atoms with van der Waals surface area (Å²) in [7, 11) is 0. The molecular weight excluding hydrogens is 1410 g/mol. The number of carbonyl (C=O) groups excluding carboxylic acids is 3. The molecule has 107 heavy (non-hydrogen) atoms. The Kier molecular flexibility index (Phi) is 44.0. The van der Waals surface area contributed by atoms with Crippen molar-refractivity contribution >= 4 is 23.7 Å². The van der Waals surface area contributed by atoms with Crippen molar-refractivity contribution < 1.29 is 153 Å². The van der Waals surface area contributed by atoms with Crippen molar-refractivity contribution in [1.29, 1.82) is 0 Å². The second-order valence-electron chi connectivity index (χ2n) is 29.3. The number of unbranched alkanes of at least 4 members (excludes halogenated alkanes) is 25. The molecule has 624 valence electrons. The standard InChI is InChI=1S/C73H131N3O31/c1-5-7-9-11-13-15-17-19-20-22-24-26-28-30-32-34-52(87)76-44(45(84)33-31-29-27-25-23-21-18-16-14-12-10-8-6-2)41-98-69-61(94)59(92)63(50(39-80)101-69)103-71-62(95)67(107-73(72(96)97)35-46(85)53(74-42(3)82)66(106-73)55(88)47(86)36-77)64(51(40-81)102-71)104-68-54(75-43(4)83)65(57(90)49(38-79)99-68)105-70-60(93)58(91)56(89)48(37-78)100-70/h31,33,44-51,53-71,77-81,84-86,88-95H,5-30,32,34-41H2,1-4H3,(H,74,82)(H,75,83)(H,76,87)(H,96,97)/b33-31+/t44-,45+,46?,47+,48?,49?,50?,51?,53?,54?,55+,56?,57?,58?,59?,60?,61?,62?,63?,64?,65?,66?,67?,68?,69?,70?,71?,73?/m0/s1. The molecule has 0 aromatic rings. The molecule has 5 saturated heterocycles. The molecule has 0 aliphatic carbocycles. The van der Waals surface area contributed by atoms with Gasteiger partial charge in [0.25, 0.3) is 5.79 Å². The van der Waals surface area contributed by atoms with Crippen LogP contribution in [0.2, 0.25) is 0 Å². The van der Waals surface area contributed by atoms with Gasteiger partial charge in [-0.2, -0.15) is 0 Å². The summed E-state index contributed by atoms with van der Waals surface area (Å²) in [6.07, 6.45) is -16.8. The molecule has 5 heterocycles. The van der Waals surface area contributed by atoms with Crippen LogP contribution in [0.3, 0.4) is 0 Å². The Morgan fingerprint density at radius 3 is 1.44 bits per heavy atom. The SMILES string of the molecule is CCCCCCCCCCCCC/C=C/[C@@H](O)[C@H](COC1OC(CO)C(OC2OC(CO)C(OC3OC(CO)C(O)C(OC4OC(CO)C(O)C(O)C4O)C3NC(C)=O)C(OC3(C(=O)O)CC(O)C(NC(C)=O)C([C@H](O)[C@H](O)CO)O3)C2O)C(O)C1O)NC(=O)CCCCCCCCCCCCCCCCC. The highest BCUT2D eigenvalue weighted by Gasteiger charge is 2.62. The number of ether oxygens (including phenoxy) is 10. The van der Waals surface area contributed by atoms with E-state index in [-0.39, 0.29) is 12.3 Å². The third kappa shape index (κ3) is 29.2. The fraction of sp³-hybridized carbons (Fsp3) is 0.918. The summed E-state index contributed by atoms with van der Waals surface area (Å²) in [6.45, 7) is 0.317. The fourth-order valence-electron chi connectivity index (χ4n) is 14.3. The van der Waals surface area contributed by atoms with Gasteiger partial charge in [0, 0.05) is 26.7 Å². The first-order chi connectivity index (χ1) is 51.3. The summed E-state index contributed by atoms with van der Waals surface area (Å²) in [5.74, 6) is -7.71. The van der Waals surface area contributed by atoms with Gasteiger partial charge in [0.05, 0.1) is 63.9 Å². The van der Waals surface area contributed by atoms with Crippen molar-refractivity contribution in [2.45, 2.75) is 385 Å². The first kappa shape index (κ1) is 94.2. The normalized spacial score (nSPS) is 34.6. The molecule has 0 saturated carbocycles. The number of hydrogen-bond acceptors (Lipinski definition) is 30. The van der Waals surface area contributed by atoms with Gasteiger partial charge >= 0.3 is 5.97 Å². The highest BCUT2D eigenvalue weighted by molar-refractivity contribution is 5.77. The van der Waals surface area contributed by atoms with E-state index in [2.05, 4.69) is 29.8 Å². The number of aliphatic hydroxyl groups excluding tert-OH is 16. The maximum Gasteiger partial charge on any atom is 0.364 e. The van der Waals surface area contributed by atoms with Gasteiger partial charge in [-0.05, 0) is 19.3 Å². The van der Waals surface area contributed by atoms with Gasteiger partial charge in [-0.1, -0.05) is 180 Å². The molecule has 5 aliphatic heterocycles. The van der Waals surface area contributed by atoms with Crippen molar-refractivity contribution in [1.82, 2.24) is 16.0 Å². The second-order valence-corrected chi connectivity index (χ2v) is 29.3. The van der Waals surface area contributed by atoms with Gasteiger partial charge in [0.15, 0.2) is 25.2 Å². The van der Waals surface area contributed by atoms with Crippen LogP contribution in [0.5, 0.6) is 0 Å². The molecular formula is C73H131N3O31.